The number of fused-ring (bicyclic) bond motifs is 1. The average Bonchev–Trinajstić information content (AvgIpc) is 2.61. The van der Waals surface area contributed by atoms with Crippen LogP contribution in [-0.4, -0.2) is 17.9 Å². The smallest absolute Gasteiger partial charge is 0.334 e. The van der Waals surface area contributed by atoms with Crippen molar-refractivity contribution in [3.05, 3.63) is 11.6 Å². The summed E-state index contributed by atoms with van der Waals surface area (Å²) in [5, 5.41) is 0. The van der Waals surface area contributed by atoms with Gasteiger partial charge < -0.3 is 4.74 Å². The SMILES string of the molecule is CCCCC/C=C1\C(=O)O[C@@H]2CCC(=O)C[C@H]12. The molecule has 1 saturated carbocycles. The number of carbonyl (C=O) groups is 2. The maximum atomic E-state index is 11.7. The molecule has 0 aromatic rings. The van der Waals surface area contributed by atoms with Gasteiger partial charge >= 0.3 is 5.97 Å². The van der Waals surface area contributed by atoms with E-state index in [9.17, 15) is 9.59 Å². The Hall–Kier alpha value is -1.12. The van der Waals surface area contributed by atoms with Crippen LogP contribution >= 0.6 is 0 Å². The number of esters is 1. The molecule has 0 aromatic carbocycles. The summed E-state index contributed by atoms with van der Waals surface area (Å²) < 4.78 is 5.32. The maximum absolute atomic E-state index is 11.7. The summed E-state index contributed by atoms with van der Waals surface area (Å²) in [6, 6.07) is 0. The Kier molecular flexibility index (Phi) is 3.97. The van der Waals surface area contributed by atoms with Crippen LogP contribution < -0.4 is 0 Å². The minimum atomic E-state index is -0.189. The van der Waals surface area contributed by atoms with Crippen LogP contribution in [0.4, 0.5) is 0 Å². The van der Waals surface area contributed by atoms with Crippen molar-refractivity contribution in [2.24, 2.45) is 5.92 Å². The largest absolute Gasteiger partial charge is 0.458 e. The van der Waals surface area contributed by atoms with Crippen molar-refractivity contribution in [2.45, 2.75) is 58.0 Å². The lowest BCUT2D eigenvalue weighted by Gasteiger charge is -2.21. The lowest BCUT2D eigenvalue weighted by atomic mass is 9.82. The summed E-state index contributed by atoms with van der Waals surface area (Å²) in [5.41, 5.74) is 0.763. The van der Waals surface area contributed by atoms with Gasteiger partial charge in [0.15, 0.2) is 0 Å². The summed E-state index contributed by atoms with van der Waals surface area (Å²) in [6.45, 7) is 2.16. The third-order valence-electron chi connectivity index (χ3n) is 3.67. The first-order valence-electron chi connectivity index (χ1n) is 6.65. The topological polar surface area (TPSA) is 43.4 Å². The van der Waals surface area contributed by atoms with E-state index >= 15 is 0 Å². The lowest BCUT2D eigenvalue weighted by molar-refractivity contribution is -0.141. The Bertz CT molecular complexity index is 343. The van der Waals surface area contributed by atoms with E-state index in [1.165, 1.54) is 12.8 Å². The van der Waals surface area contributed by atoms with Crippen molar-refractivity contribution in [3.8, 4) is 0 Å². The summed E-state index contributed by atoms with van der Waals surface area (Å²) in [7, 11) is 0. The highest BCUT2D eigenvalue weighted by Crippen LogP contribution is 2.37. The van der Waals surface area contributed by atoms with E-state index in [2.05, 4.69) is 6.92 Å². The van der Waals surface area contributed by atoms with Gasteiger partial charge in [0.05, 0.1) is 0 Å². The third-order valence-corrected chi connectivity index (χ3v) is 3.67. The van der Waals surface area contributed by atoms with E-state index in [1.807, 2.05) is 6.08 Å². The quantitative estimate of drug-likeness (QED) is 0.428. The van der Waals surface area contributed by atoms with Crippen molar-refractivity contribution in [2.75, 3.05) is 0 Å². The van der Waals surface area contributed by atoms with Gasteiger partial charge in [0.25, 0.3) is 0 Å². The summed E-state index contributed by atoms with van der Waals surface area (Å²) >= 11 is 0. The number of carbonyl (C=O) groups excluding carboxylic acids is 2. The van der Waals surface area contributed by atoms with Crippen molar-refractivity contribution < 1.29 is 14.3 Å². The molecular weight excluding hydrogens is 216 g/mol. The van der Waals surface area contributed by atoms with Gasteiger partial charge in [0.1, 0.15) is 11.9 Å². The van der Waals surface area contributed by atoms with Crippen LogP contribution in [0, 0.1) is 5.92 Å². The molecule has 0 aromatic heterocycles. The second-order valence-electron chi connectivity index (χ2n) is 4.99. The number of hydrogen-bond donors (Lipinski definition) is 0. The van der Waals surface area contributed by atoms with Gasteiger partial charge in [0.2, 0.25) is 0 Å². The van der Waals surface area contributed by atoms with E-state index in [4.69, 9.17) is 4.74 Å². The number of unbranched alkanes of at least 4 members (excludes halogenated alkanes) is 3. The van der Waals surface area contributed by atoms with Crippen LogP contribution in [0.15, 0.2) is 11.6 Å². The van der Waals surface area contributed by atoms with Crippen LogP contribution in [0.1, 0.15) is 51.9 Å². The molecule has 2 aliphatic rings. The monoisotopic (exact) mass is 236 g/mol. The molecule has 0 spiro atoms. The molecule has 0 bridgehead atoms. The standard InChI is InChI=1S/C14H20O3/c1-2-3-4-5-6-11-12-9-10(15)7-8-13(12)17-14(11)16/h6,12-13H,2-5,7-9H2,1H3/b11-6-/t12-,13-/m1/s1. The normalized spacial score (nSPS) is 30.5. The molecule has 1 saturated heterocycles. The molecule has 0 N–H and O–H groups in total. The van der Waals surface area contributed by atoms with E-state index in [1.54, 1.807) is 0 Å². The molecule has 1 aliphatic heterocycles. The van der Waals surface area contributed by atoms with E-state index in [-0.39, 0.29) is 23.8 Å². The fraction of sp³-hybridized carbons (Fsp3) is 0.714. The lowest BCUT2D eigenvalue weighted by Crippen LogP contribution is -2.26. The first-order chi connectivity index (χ1) is 8.22. The van der Waals surface area contributed by atoms with Crippen molar-refractivity contribution in [1.29, 1.82) is 0 Å². The zero-order valence-corrected chi connectivity index (χ0v) is 10.4. The Balaban J connectivity index is 1.99. The Morgan fingerprint density at radius 1 is 1.35 bits per heavy atom. The number of ketones is 1. The fourth-order valence-electron chi connectivity index (χ4n) is 2.68. The number of allylic oxidation sites excluding steroid dienone is 1. The van der Waals surface area contributed by atoms with Crippen LogP contribution in [0.2, 0.25) is 0 Å². The molecule has 0 radical (unpaired) electrons. The molecule has 3 heteroatoms. The molecule has 0 unspecified atom stereocenters. The number of rotatable bonds is 4. The Morgan fingerprint density at radius 2 is 2.18 bits per heavy atom. The number of ether oxygens (including phenoxy) is 1. The van der Waals surface area contributed by atoms with Crippen LogP contribution in [0.25, 0.3) is 0 Å². The molecular formula is C14H20O3. The minimum absolute atomic E-state index is 0.0300. The molecule has 2 fully saturated rings. The van der Waals surface area contributed by atoms with Gasteiger partial charge in [-0.25, -0.2) is 4.79 Å². The second kappa shape index (κ2) is 5.48. The molecule has 1 aliphatic carbocycles. The molecule has 94 valence electrons. The zero-order chi connectivity index (χ0) is 12.3. The number of hydrogen-bond acceptors (Lipinski definition) is 3. The van der Waals surface area contributed by atoms with Crippen molar-refractivity contribution >= 4 is 11.8 Å². The first-order valence-corrected chi connectivity index (χ1v) is 6.65. The highest BCUT2D eigenvalue weighted by atomic mass is 16.6. The molecule has 2 rings (SSSR count). The third kappa shape index (κ3) is 2.76. The summed E-state index contributed by atoms with van der Waals surface area (Å²) in [6.07, 6.45) is 8.15. The maximum Gasteiger partial charge on any atom is 0.334 e. The predicted molar refractivity (Wildman–Crippen MR) is 64.5 cm³/mol. The van der Waals surface area contributed by atoms with Gasteiger partial charge in [-0.2, -0.15) is 0 Å². The highest BCUT2D eigenvalue weighted by Gasteiger charge is 2.42. The summed E-state index contributed by atoms with van der Waals surface area (Å²) in [5.74, 6) is 0.126. The first kappa shape index (κ1) is 12.3. The molecule has 2 atom stereocenters. The van der Waals surface area contributed by atoms with Gasteiger partial charge in [0, 0.05) is 24.3 Å². The van der Waals surface area contributed by atoms with E-state index in [0.717, 1.165) is 18.4 Å². The van der Waals surface area contributed by atoms with Gasteiger partial charge in [-0.1, -0.05) is 25.8 Å². The van der Waals surface area contributed by atoms with Crippen LogP contribution in [-0.2, 0) is 14.3 Å². The predicted octanol–water partition coefficient (Wildman–Crippen LogP) is 2.79. The molecule has 1 heterocycles. The van der Waals surface area contributed by atoms with Gasteiger partial charge in [-0.3, -0.25) is 4.79 Å². The van der Waals surface area contributed by atoms with Crippen LogP contribution in [0.3, 0.4) is 0 Å². The number of Topliss-reactive ketones (excluding diaryl/α,β-unsaturated/α-hetero) is 1. The highest BCUT2D eigenvalue weighted by molar-refractivity contribution is 5.93. The van der Waals surface area contributed by atoms with E-state index < -0.39 is 0 Å². The fourth-order valence-corrected chi connectivity index (χ4v) is 2.68. The van der Waals surface area contributed by atoms with Gasteiger partial charge in [-0.15, -0.1) is 0 Å². The Morgan fingerprint density at radius 3 is 2.94 bits per heavy atom. The van der Waals surface area contributed by atoms with E-state index in [0.29, 0.717) is 19.3 Å². The molecule has 17 heavy (non-hydrogen) atoms. The van der Waals surface area contributed by atoms with Crippen molar-refractivity contribution in [3.63, 3.8) is 0 Å². The molecule has 0 amide bonds. The summed E-state index contributed by atoms with van der Waals surface area (Å²) in [4.78, 5) is 23.1. The Labute approximate surface area is 102 Å². The molecule has 3 nitrogen and oxygen atoms in total. The van der Waals surface area contributed by atoms with Crippen LogP contribution in [0.5, 0.6) is 0 Å². The second-order valence-corrected chi connectivity index (χ2v) is 4.99. The van der Waals surface area contributed by atoms with Crippen molar-refractivity contribution in [1.82, 2.24) is 0 Å². The average molecular weight is 236 g/mol. The minimum Gasteiger partial charge on any atom is -0.458 e. The zero-order valence-electron chi connectivity index (χ0n) is 10.4. The van der Waals surface area contributed by atoms with Gasteiger partial charge in [-0.05, 0) is 19.3 Å².